The van der Waals surface area contributed by atoms with Crippen molar-refractivity contribution in [3.05, 3.63) is 42.2 Å². The molecule has 7 heteroatoms. The third-order valence-electron chi connectivity index (χ3n) is 2.63. The van der Waals surface area contributed by atoms with E-state index in [0.29, 0.717) is 13.1 Å². The van der Waals surface area contributed by atoms with E-state index in [-0.39, 0.29) is 10.5 Å². The Morgan fingerprint density at radius 3 is 2.60 bits per heavy atom. The maximum absolute atomic E-state index is 13.9. The summed E-state index contributed by atoms with van der Waals surface area (Å²) in [6, 6.07) is 2.99. The van der Waals surface area contributed by atoms with E-state index in [1.807, 2.05) is 6.92 Å². The number of carbonyl (C=O) groups is 1. The molecule has 0 fully saturated rings. The summed E-state index contributed by atoms with van der Waals surface area (Å²) in [5.41, 5.74) is -0.187. The lowest BCUT2D eigenvalue weighted by molar-refractivity contribution is 0.0769. The Bertz CT molecular complexity index is 614. The van der Waals surface area contributed by atoms with Gasteiger partial charge in [0.2, 0.25) is 10.0 Å². The van der Waals surface area contributed by atoms with Gasteiger partial charge in [0.15, 0.2) is 0 Å². The Kier molecular flexibility index (Phi) is 5.41. The van der Waals surface area contributed by atoms with Crippen molar-refractivity contribution >= 4 is 15.9 Å². The molecule has 0 saturated heterocycles. The number of hydrogen-bond acceptors (Lipinski definition) is 3. The zero-order chi connectivity index (χ0) is 15.3. The number of amides is 1. The highest BCUT2D eigenvalue weighted by molar-refractivity contribution is 7.89. The van der Waals surface area contributed by atoms with Gasteiger partial charge in [-0.3, -0.25) is 4.79 Å². The molecule has 0 bridgehead atoms. The molecule has 1 aromatic carbocycles. The first kappa shape index (κ1) is 16.3. The molecule has 1 aromatic rings. The number of benzene rings is 1. The average molecular weight is 300 g/mol. The lowest BCUT2D eigenvalue weighted by atomic mass is 10.1. The highest BCUT2D eigenvalue weighted by Crippen LogP contribution is 2.16. The number of sulfonamides is 1. The standard InChI is InChI=1S/C13H17FN2O3S/c1-3-7-16(8-4-2)13(17)11-6-5-10(9-12(11)14)20(15,18)19/h3,5-6,9H,1,4,7-8H2,2H3,(H2,15,18,19). The van der Waals surface area contributed by atoms with Crippen LogP contribution in [0.2, 0.25) is 0 Å². The van der Waals surface area contributed by atoms with Crippen molar-refractivity contribution in [1.82, 2.24) is 4.90 Å². The van der Waals surface area contributed by atoms with Gasteiger partial charge in [0, 0.05) is 13.1 Å². The van der Waals surface area contributed by atoms with Crippen molar-refractivity contribution in [3.63, 3.8) is 0 Å². The van der Waals surface area contributed by atoms with Crippen LogP contribution in [0.5, 0.6) is 0 Å². The van der Waals surface area contributed by atoms with Gasteiger partial charge in [0.05, 0.1) is 10.5 Å². The van der Waals surface area contributed by atoms with E-state index in [0.717, 1.165) is 24.6 Å². The van der Waals surface area contributed by atoms with Crippen LogP contribution in [0.3, 0.4) is 0 Å². The SMILES string of the molecule is C=CCN(CCC)C(=O)c1ccc(S(N)(=O)=O)cc1F. The summed E-state index contributed by atoms with van der Waals surface area (Å²) < 4.78 is 36.1. The van der Waals surface area contributed by atoms with Crippen LogP contribution >= 0.6 is 0 Å². The third-order valence-corrected chi connectivity index (χ3v) is 3.54. The first-order valence-electron chi connectivity index (χ1n) is 6.03. The van der Waals surface area contributed by atoms with E-state index in [1.165, 1.54) is 4.90 Å². The van der Waals surface area contributed by atoms with Gasteiger partial charge in [-0.05, 0) is 24.6 Å². The van der Waals surface area contributed by atoms with Crippen LogP contribution in [-0.2, 0) is 10.0 Å². The number of carbonyl (C=O) groups excluding carboxylic acids is 1. The average Bonchev–Trinajstić information content (AvgIpc) is 2.36. The van der Waals surface area contributed by atoms with Gasteiger partial charge < -0.3 is 4.90 Å². The molecule has 110 valence electrons. The Hall–Kier alpha value is -1.73. The molecule has 0 atom stereocenters. The second-order valence-corrected chi connectivity index (χ2v) is 5.79. The summed E-state index contributed by atoms with van der Waals surface area (Å²) in [7, 11) is -3.99. The van der Waals surface area contributed by atoms with Gasteiger partial charge in [-0.1, -0.05) is 13.0 Å². The van der Waals surface area contributed by atoms with Crippen molar-refractivity contribution in [3.8, 4) is 0 Å². The summed E-state index contributed by atoms with van der Waals surface area (Å²) in [6.07, 6.45) is 2.26. The van der Waals surface area contributed by atoms with Crippen LogP contribution in [0.1, 0.15) is 23.7 Å². The molecule has 0 aliphatic rings. The molecule has 0 aliphatic carbocycles. The molecule has 0 aliphatic heterocycles. The van der Waals surface area contributed by atoms with E-state index in [9.17, 15) is 17.6 Å². The summed E-state index contributed by atoms with van der Waals surface area (Å²) in [6.45, 7) is 6.19. The maximum atomic E-state index is 13.9. The molecule has 0 aromatic heterocycles. The minimum atomic E-state index is -3.99. The quantitative estimate of drug-likeness (QED) is 0.809. The fraction of sp³-hybridized carbons (Fsp3) is 0.308. The Morgan fingerprint density at radius 1 is 1.50 bits per heavy atom. The van der Waals surface area contributed by atoms with Crippen LogP contribution in [0.4, 0.5) is 4.39 Å². The minimum Gasteiger partial charge on any atom is -0.335 e. The number of halogens is 1. The predicted octanol–water partition coefficient (Wildman–Crippen LogP) is 1.51. The minimum absolute atomic E-state index is 0.187. The highest BCUT2D eigenvalue weighted by Gasteiger charge is 2.20. The molecule has 1 rings (SSSR count). The second-order valence-electron chi connectivity index (χ2n) is 4.23. The van der Waals surface area contributed by atoms with Crippen LogP contribution in [0.15, 0.2) is 35.7 Å². The van der Waals surface area contributed by atoms with Crippen molar-refractivity contribution in [2.75, 3.05) is 13.1 Å². The first-order valence-corrected chi connectivity index (χ1v) is 7.58. The molecular weight excluding hydrogens is 283 g/mol. The lowest BCUT2D eigenvalue weighted by Gasteiger charge is -2.20. The van der Waals surface area contributed by atoms with E-state index in [4.69, 9.17) is 5.14 Å². The third kappa shape index (κ3) is 3.88. The van der Waals surface area contributed by atoms with Crippen LogP contribution in [-0.4, -0.2) is 32.3 Å². The molecular formula is C13H17FN2O3S. The molecule has 0 saturated carbocycles. The van der Waals surface area contributed by atoms with Crippen molar-refractivity contribution < 1.29 is 17.6 Å². The smallest absolute Gasteiger partial charge is 0.257 e. The number of hydrogen-bond donors (Lipinski definition) is 1. The van der Waals surface area contributed by atoms with E-state index in [2.05, 4.69) is 6.58 Å². The zero-order valence-electron chi connectivity index (χ0n) is 11.2. The molecule has 2 N–H and O–H groups in total. The van der Waals surface area contributed by atoms with Crippen molar-refractivity contribution in [2.45, 2.75) is 18.2 Å². The fourth-order valence-electron chi connectivity index (χ4n) is 1.72. The van der Waals surface area contributed by atoms with E-state index in [1.54, 1.807) is 6.08 Å². The Balaban J connectivity index is 3.13. The highest BCUT2D eigenvalue weighted by atomic mass is 32.2. The van der Waals surface area contributed by atoms with Gasteiger partial charge in [-0.2, -0.15) is 0 Å². The molecule has 1 amide bonds. The summed E-state index contributed by atoms with van der Waals surface area (Å²) in [5, 5.41) is 4.90. The largest absolute Gasteiger partial charge is 0.335 e. The molecule has 5 nitrogen and oxygen atoms in total. The fourth-order valence-corrected chi connectivity index (χ4v) is 2.24. The topological polar surface area (TPSA) is 80.5 Å². The van der Waals surface area contributed by atoms with Gasteiger partial charge >= 0.3 is 0 Å². The molecule has 0 radical (unpaired) electrons. The zero-order valence-corrected chi connectivity index (χ0v) is 12.0. The molecule has 20 heavy (non-hydrogen) atoms. The van der Waals surface area contributed by atoms with E-state index >= 15 is 0 Å². The normalized spacial score (nSPS) is 11.2. The molecule has 0 heterocycles. The number of primary sulfonamides is 1. The van der Waals surface area contributed by atoms with Gasteiger partial charge in [0.25, 0.3) is 5.91 Å². The Labute approximate surface area is 117 Å². The van der Waals surface area contributed by atoms with Crippen molar-refractivity contribution in [2.24, 2.45) is 5.14 Å². The van der Waals surface area contributed by atoms with Gasteiger partial charge in [-0.15, -0.1) is 6.58 Å². The Morgan fingerprint density at radius 2 is 2.15 bits per heavy atom. The van der Waals surface area contributed by atoms with Crippen LogP contribution < -0.4 is 5.14 Å². The number of nitrogens with two attached hydrogens (primary N) is 1. The lowest BCUT2D eigenvalue weighted by Crippen LogP contribution is -2.32. The van der Waals surface area contributed by atoms with E-state index < -0.39 is 21.7 Å². The second kappa shape index (κ2) is 6.62. The number of rotatable bonds is 6. The van der Waals surface area contributed by atoms with Crippen molar-refractivity contribution in [1.29, 1.82) is 0 Å². The van der Waals surface area contributed by atoms with Gasteiger partial charge in [0.1, 0.15) is 5.82 Å². The maximum Gasteiger partial charge on any atom is 0.257 e. The van der Waals surface area contributed by atoms with Crippen LogP contribution in [0, 0.1) is 5.82 Å². The summed E-state index contributed by atoms with van der Waals surface area (Å²) >= 11 is 0. The van der Waals surface area contributed by atoms with Gasteiger partial charge in [-0.25, -0.2) is 17.9 Å². The number of nitrogens with zero attached hydrogens (tertiary/aromatic N) is 1. The predicted molar refractivity (Wildman–Crippen MR) is 74.2 cm³/mol. The summed E-state index contributed by atoms with van der Waals surface area (Å²) in [4.78, 5) is 13.2. The van der Waals surface area contributed by atoms with Crippen LogP contribution in [0.25, 0.3) is 0 Å². The molecule has 0 unspecified atom stereocenters. The summed E-state index contributed by atoms with van der Waals surface area (Å²) in [5.74, 6) is -1.42. The first-order chi connectivity index (χ1) is 9.31. The monoisotopic (exact) mass is 300 g/mol. The molecule has 0 spiro atoms.